The fourth-order valence-electron chi connectivity index (χ4n) is 1.57. The Morgan fingerprint density at radius 1 is 1.17 bits per heavy atom. The summed E-state index contributed by atoms with van der Waals surface area (Å²) in [5, 5.41) is 0.557. The van der Waals surface area contributed by atoms with E-state index in [2.05, 4.69) is 15.9 Å². The Bertz CT molecular complexity index is 545. The molecule has 0 atom stereocenters. The van der Waals surface area contributed by atoms with Crippen LogP contribution in [0.2, 0.25) is 0 Å². The van der Waals surface area contributed by atoms with Crippen molar-refractivity contribution in [1.82, 2.24) is 0 Å². The van der Waals surface area contributed by atoms with Crippen LogP contribution in [0, 0.1) is 5.82 Å². The average Bonchev–Trinajstić information content (AvgIpc) is 2.41. The van der Waals surface area contributed by atoms with E-state index in [-0.39, 0.29) is 5.82 Å². The minimum atomic E-state index is -0.255. The summed E-state index contributed by atoms with van der Waals surface area (Å²) < 4.78 is 19.0. The largest absolute Gasteiger partial charge is 0.456 e. The fourth-order valence-corrected chi connectivity index (χ4v) is 2.54. The fraction of sp³-hybridized carbons (Fsp3) is 0.143. The Hall–Kier alpha value is -1.00. The van der Waals surface area contributed by atoms with E-state index in [0.717, 1.165) is 16.2 Å². The van der Waals surface area contributed by atoms with Gasteiger partial charge < -0.3 is 4.74 Å². The van der Waals surface area contributed by atoms with Crippen LogP contribution in [0.15, 0.2) is 47.4 Å². The lowest BCUT2D eigenvalue weighted by atomic mass is 10.2. The minimum Gasteiger partial charge on any atom is -0.456 e. The quantitative estimate of drug-likeness (QED) is 0.561. The first-order valence-electron chi connectivity index (χ1n) is 5.40. The highest BCUT2D eigenvalue weighted by Gasteiger charge is 2.08. The number of hydrogen-bond acceptors (Lipinski definition) is 2. The van der Waals surface area contributed by atoms with Crippen molar-refractivity contribution in [3.05, 3.63) is 53.8 Å². The van der Waals surface area contributed by atoms with E-state index in [4.69, 9.17) is 4.74 Å². The molecule has 0 saturated carbocycles. The highest BCUT2D eigenvalue weighted by atomic mass is 79.9. The molecule has 0 aliphatic heterocycles. The van der Waals surface area contributed by atoms with E-state index >= 15 is 0 Å². The van der Waals surface area contributed by atoms with Gasteiger partial charge in [-0.3, -0.25) is 0 Å². The van der Waals surface area contributed by atoms with Crippen molar-refractivity contribution in [2.45, 2.75) is 10.2 Å². The van der Waals surface area contributed by atoms with Gasteiger partial charge in [0.25, 0.3) is 0 Å². The van der Waals surface area contributed by atoms with Gasteiger partial charge in [-0.2, -0.15) is 0 Å². The zero-order valence-electron chi connectivity index (χ0n) is 9.82. The standard InChI is InChI=1S/C14H12BrFOS/c1-18-14-5-3-2-4-13(14)17-12-7-6-11(16)8-10(12)9-15/h2-8H,9H2,1H3. The molecule has 0 unspecified atom stereocenters. The van der Waals surface area contributed by atoms with Crippen molar-refractivity contribution in [2.24, 2.45) is 0 Å². The summed E-state index contributed by atoms with van der Waals surface area (Å²) in [7, 11) is 0. The van der Waals surface area contributed by atoms with E-state index in [0.29, 0.717) is 11.1 Å². The Balaban J connectivity index is 2.33. The van der Waals surface area contributed by atoms with Crippen LogP contribution in [0.4, 0.5) is 4.39 Å². The summed E-state index contributed by atoms with van der Waals surface area (Å²) in [5.41, 5.74) is 0.797. The van der Waals surface area contributed by atoms with Crippen LogP contribution in [0.3, 0.4) is 0 Å². The highest BCUT2D eigenvalue weighted by Crippen LogP contribution is 2.33. The first-order valence-corrected chi connectivity index (χ1v) is 7.74. The predicted octanol–water partition coefficient (Wildman–Crippen LogP) is 5.23. The lowest BCUT2D eigenvalue weighted by Gasteiger charge is -2.12. The Labute approximate surface area is 118 Å². The van der Waals surface area contributed by atoms with Crippen LogP contribution in [-0.4, -0.2) is 6.26 Å². The molecule has 0 radical (unpaired) electrons. The van der Waals surface area contributed by atoms with Crippen molar-refractivity contribution < 1.29 is 9.13 Å². The summed E-state index contributed by atoms with van der Waals surface area (Å²) in [4.78, 5) is 1.06. The third kappa shape index (κ3) is 3.06. The third-order valence-electron chi connectivity index (χ3n) is 2.46. The summed E-state index contributed by atoms with van der Waals surface area (Å²) >= 11 is 4.96. The van der Waals surface area contributed by atoms with Crippen molar-refractivity contribution in [1.29, 1.82) is 0 Å². The van der Waals surface area contributed by atoms with Crippen LogP contribution in [0.1, 0.15) is 5.56 Å². The highest BCUT2D eigenvalue weighted by molar-refractivity contribution is 9.08. The molecule has 94 valence electrons. The lowest BCUT2D eigenvalue weighted by Crippen LogP contribution is -1.92. The van der Waals surface area contributed by atoms with Crippen LogP contribution in [0.25, 0.3) is 0 Å². The Morgan fingerprint density at radius 3 is 2.67 bits per heavy atom. The number of benzene rings is 2. The molecule has 0 fully saturated rings. The lowest BCUT2D eigenvalue weighted by molar-refractivity contribution is 0.465. The number of thioether (sulfide) groups is 1. The third-order valence-corrected chi connectivity index (χ3v) is 3.84. The summed E-state index contributed by atoms with van der Waals surface area (Å²) in [6.45, 7) is 0. The summed E-state index contributed by atoms with van der Waals surface area (Å²) in [5.74, 6) is 1.21. The van der Waals surface area contributed by atoms with E-state index in [1.54, 1.807) is 17.8 Å². The van der Waals surface area contributed by atoms with Gasteiger partial charge in [0.2, 0.25) is 0 Å². The summed E-state index contributed by atoms with van der Waals surface area (Å²) in [6, 6.07) is 12.3. The molecule has 2 aromatic carbocycles. The normalized spacial score (nSPS) is 10.4. The Kier molecular flexibility index (Phi) is 4.66. The van der Waals surface area contributed by atoms with Gasteiger partial charge in [-0.25, -0.2) is 4.39 Å². The van der Waals surface area contributed by atoms with Gasteiger partial charge in [-0.1, -0.05) is 28.1 Å². The van der Waals surface area contributed by atoms with Gasteiger partial charge >= 0.3 is 0 Å². The molecule has 0 aromatic heterocycles. The molecule has 0 N–H and O–H groups in total. The SMILES string of the molecule is CSc1ccccc1Oc1ccc(F)cc1CBr. The molecule has 4 heteroatoms. The molecule has 2 rings (SSSR count). The molecule has 0 aliphatic carbocycles. The smallest absolute Gasteiger partial charge is 0.140 e. The Morgan fingerprint density at radius 2 is 1.94 bits per heavy atom. The van der Waals surface area contributed by atoms with Gasteiger partial charge in [0.15, 0.2) is 0 Å². The van der Waals surface area contributed by atoms with Crippen molar-refractivity contribution in [3.8, 4) is 11.5 Å². The molecule has 0 spiro atoms. The number of hydrogen-bond donors (Lipinski definition) is 0. The maximum atomic E-state index is 13.1. The topological polar surface area (TPSA) is 9.23 Å². The van der Waals surface area contributed by atoms with Gasteiger partial charge in [0.05, 0.1) is 0 Å². The average molecular weight is 327 g/mol. The second kappa shape index (κ2) is 6.25. The minimum absolute atomic E-state index is 0.255. The molecule has 1 nitrogen and oxygen atoms in total. The van der Waals surface area contributed by atoms with E-state index in [9.17, 15) is 4.39 Å². The summed E-state index contributed by atoms with van der Waals surface area (Å²) in [6.07, 6.45) is 2.00. The van der Waals surface area contributed by atoms with Crippen molar-refractivity contribution in [2.75, 3.05) is 6.26 Å². The molecule has 0 bridgehead atoms. The first kappa shape index (κ1) is 13.4. The maximum Gasteiger partial charge on any atom is 0.140 e. The van der Waals surface area contributed by atoms with Crippen LogP contribution < -0.4 is 4.74 Å². The number of ether oxygens (including phenoxy) is 1. The van der Waals surface area contributed by atoms with Crippen molar-refractivity contribution >= 4 is 27.7 Å². The number of para-hydroxylation sites is 1. The molecular formula is C14H12BrFOS. The molecule has 18 heavy (non-hydrogen) atoms. The number of halogens is 2. The molecule has 0 amide bonds. The van der Waals surface area contributed by atoms with E-state index < -0.39 is 0 Å². The zero-order valence-corrected chi connectivity index (χ0v) is 12.2. The van der Waals surface area contributed by atoms with E-state index in [1.807, 2.05) is 30.5 Å². The van der Waals surface area contributed by atoms with Crippen LogP contribution in [0.5, 0.6) is 11.5 Å². The molecule has 0 heterocycles. The molecular weight excluding hydrogens is 315 g/mol. The number of alkyl halides is 1. The maximum absolute atomic E-state index is 13.1. The molecule has 0 saturated heterocycles. The first-order chi connectivity index (χ1) is 8.74. The van der Waals surface area contributed by atoms with Crippen LogP contribution >= 0.6 is 27.7 Å². The predicted molar refractivity (Wildman–Crippen MR) is 77.3 cm³/mol. The van der Waals surface area contributed by atoms with Gasteiger partial charge in [0.1, 0.15) is 17.3 Å². The van der Waals surface area contributed by atoms with Gasteiger partial charge in [0, 0.05) is 15.8 Å². The second-order valence-corrected chi connectivity index (χ2v) is 5.05. The molecule has 2 aromatic rings. The van der Waals surface area contributed by atoms with E-state index in [1.165, 1.54) is 12.1 Å². The van der Waals surface area contributed by atoms with Crippen LogP contribution in [-0.2, 0) is 5.33 Å². The van der Waals surface area contributed by atoms with Crippen molar-refractivity contribution in [3.63, 3.8) is 0 Å². The molecule has 0 aliphatic rings. The number of rotatable bonds is 4. The second-order valence-electron chi connectivity index (χ2n) is 3.64. The van der Waals surface area contributed by atoms with Gasteiger partial charge in [-0.15, -0.1) is 11.8 Å². The monoisotopic (exact) mass is 326 g/mol. The zero-order chi connectivity index (χ0) is 13.0. The van der Waals surface area contributed by atoms with Gasteiger partial charge in [-0.05, 0) is 36.6 Å².